The van der Waals surface area contributed by atoms with E-state index in [1.807, 2.05) is 0 Å². The summed E-state index contributed by atoms with van der Waals surface area (Å²) >= 11 is 0. The van der Waals surface area contributed by atoms with Gasteiger partial charge in [-0.05, 0) is 30.2 Å². The fraction of sp³-hybridized carbons (Fsp3) is 0.235. The maximum Gasteiger partial charge on any atom is 0.311 e. The lowest BCUT2D eigenvalue weighted by Crippen LogP contribution is -2.15. The van der Waals surface area contributed by atoms with Gasteiger partial charge >= 0.3 is 5.97 Å². The second-order valence-electron chi connectivity index (χ2n) is 4.87. The number of rotatable bonds is 6. The highest BCUT2D eigenvalue weighted by atomic mass is 16.5. The molecule has 0 saturated carbocycles. The maximum atomic E-state index is 11.7. The summed E-state index contributed by atoms with van der Waals surface area (Å²) in [5.41, 5.74) is 1.31. The molecule has 2 rings (SSSR count). The van der Waals surface area contributed by atoms with Crippen LogP contribution in [-0.4, -0.2) is 30.4 Å². The lowest BCUT2D eigenvalue weighted by atomic mass is 9.91. The Hall–Kier alpha value is -2.69. The summed E-state index contributed by atoms with van der Waals surface area (Å²) in [5, 5.41) is 19.1. The number of carboxylic acid groups (broad SMARTS) is 1. The molecule has 0 aromatic heterocycles. The minimum absolute atomic E-state index is 0.114. The molecule has 2 aromatic carbocycles. The van der Waals surface area contributed by atoms with Gasteiger partial charge in [0.15, 0.2) is 0 Å². The van der Waals surface area contributed by atoms with E-state index < -0.39 is 11.9 Å². The van der Waals surface area contributed by atoms with Crippen molar-refractivity contribution in [3.8, 4) is 17.2 Å². The number of hydrogen-bond donors (Lipinski definition) is 2. The largest absolute Gasteiger partial charge is 0.508 e. The van der Waals surface area contributed by atoms with Crippen LogP contribution in [0.15, 0.2) is 42.5 Å². The first-order valence-corrected chi connectivity index (χ1v) is 6.77. The standard InChI is InChI=1S/C17H18O5/c1-21-13-6-7-14(16(10-13)22-2)15(17(19)20)9-11-4-3-5-12(18)8-11/h3-8,10,15,18H,9H2,1-2H3,(H,19,20). The topological polar surface area (TPSA) is 76.0 Å². The monoisotopic (exact) mass is 302 g/mol. The van der Waals surface area contributed by atoms with Gasteiger partial charge in [-0.2, -0.15) is 0 Å². The van der Waals surface area contributed by atoms with E-state index >= 15 is 0 Å². The lowest BCUT2D eigenvalue weighted by molar-refractivity contribution is -0.138. The van der Waals surface area contributed by atoms with E-state index in [9.17, 15) is 15.0 Å². The Balaban J connectivity index is 2.38. The molecule has 0 amide bonds. The van der Waals surface area contributed by atoms with Gasteiger partial charge in [0.1, 0.15) is 17.2 Å². The third-order valence-electron chi connectivity index (χ3n) is 3.46. The van der Waals surface area contributed by atoms with Gasteiger partial charge in [0.05, 0.1) is 20.1 Å². The van der Waals surface area contributed by atoms with Crippen molar-refractivity contribution in [2.45, 2.75) is 12.3 Å². The normalized spacial score (nSPS) is 11.7. The van der Waals surface area contributed by atoms with E-state index in [2.05, 4.69) is 0 Å². The van der Waals surface area contributed by atoms with Crippen molar-refractivity contribution in [3.05, 3.63) is 53.6 Å². The summed E-state index contributed by atoms with van der Waals surface area (Å²) in [5.74, 6) is -0.549. The number of hydrogen-bond acceptors (Lipinski definition) is 4. The zero-order valence-corrected chi connectivity index (χ0v) is 12.4. The molecule has 0 saturated heterocycles. The number of carboxylic acids is 1. The maximum absolute atomic E-state index is 11.7. The molecule has 0 radical (unpaired) electrons. The average Bonchev–Trinajstić information content (AvgIpc) is 2.52. The molecule has 1 atom stereocenters. The van der Waals surface area contributed by atoms with Crippen molar-refractivity contribution >= 4 is 5.97 Å². The molecule has 5 heteroatoms. The number of carbonyl (C=O) groups is 1. The van der Waals surface area contributed by atoms with Gasteiger partial charge in [0.25, 0.3) is 0 Å². The Morgan fingerprint density at radius 2 is 1.91 bits per heavy atom. The van der Waals surface area contributed by atoms with Crippen molar-refractivity contribution < 1.29 is 24.5 Å². The van der Waals surface area contributed by atoms with Crippen molar-refractivity contribution in [1.82, 2.24) is 0 Å². The Kier molecular flexibility index (Phi) is 4.88. The molecule has 116 valence electrons. The van der Waals surface area contributed by atoms with Crippen LogP contribution in [-0.2, 0) is 11.2 Å². The first-order valence-electron chi connectivity index (χ1n) is 6.77. The Morgan fingerprint density at radius 3 is 2.50 bits per heavy atom. The van der Waals surface area contributed by atoms with E-state index in [4.69, 9.17) is 9.47 Å². The minimum Gasteiger partial charge on any atom is -0.508 e. The van der Waals surface area contributed by atoms with E-state index in [0.717, 1.165) is 5.56 Å². The van der Waals surface area contributed by atoms with Crippen LogP contribution >= 0.6 is 0 Å². The second-order valence-corrected chi connectivity index (χ2v) is 4.87. The van der Waals surface area contributed by atoms with Gasteiger partial charge < -0.3 is 19.7 Å². The molecular formula is C17H18O5. The van der Waals surface area contributed by atoms with E-state index in [1.165, 1.54) is 14.2 Å². The highest BCUT2D eigenvalue weighted by Gasteiger charge is 2.24. The fourth-order valence-electron chi connectivity index (χ4n) is 2.36. The van der Waals surface area contributed by atoms with Crippen molar-refractivity contribution in [2.75, 3.05) is 14.2 Å². The van der Waals surface area contributed by atoms with Gasteiger partial charge in [0, 0.05) is 11.6 Å². The number of phenols is 1. The van der Waals surface area contributed by atoms with E-state index in [1.54, 1.807) is 42.5 Å². The molecule has 0 aliphatic rings. The Morgan fingerprint density at radius 1 is 1.14 bits per heavy atom. The number of aromatic hydroxyl groups is 1. The predicted molar refractivity (Wildman–Crippen MR) is 81.7 cm³/mol. The number of benzene rings is 2. The molecule has 2 aromatic rings. The summed E-state index contributed by atoms with van der Waals surface area (Å²) in [6.45, 7) is 0. The third kappa shape index (κ3) is 3.49. The van der Waals surface area contributed by atoms with Crippen LogP contribution in [0.5, 0.6) is 17.2 Å². The SMILES string of the molecule is COc1ccc(C(Cc2cccc(O)c2)C(=O)O)c(OC)c1. The van der Waals surface area contributed by atoms with Crippen LogP contribution in [0.4, 0.5) is 0 Å². The van der Waals surface area contributed by atoms with Crippen molar-refractivity contribution in [2.24, 2.45) is 0 Å². The number of phenolic OH excluding ortho intramolecular Hbond substituents is 1. The second kappa shape index (κ2) is 6.85. The molecule has 0 fully saturated rings. The molecule has 1 unspecified atom stereocenters. The van der Waals surface area contributed by atoms with Crippen LogP contribution in [0.3, 0.4) is 0 Å². The minimum atomic E-state index is -0.952. The number of ether oxygens (including phenoxy) is 2. The lowest BCUT2D eigenvalue weighted by Gasteiger charge is -2.17. The van der Waals surface area contributed by atoms with Crippen molar-refractivity contribution in [1.29, 1.82) is 0 Å². The van der Waals surface area contributed by atoms with Crippen LogP contribution < -0.4 is 9.47 Å². The summed E-state index contributed by atoms with van der Waals surface area (Å²) in [7, 11) is 3.03. The van der Waals surface area contributed by atoms with E-state index in [0.29, 0.717) is 17.1 Å². The average molecular weight is 302 g/mol. The van der Waals surface area contributed by atoms with Crippen LogP contribution in [0.2, 0.25) is 0 Å². The molecule has 22 heavy (non-hydrogen) atoms. The van der Waals surface area contributed by atoms with E-state index in [-0.39, 0.29) is 12.2 Å². The molecule has 0 aliphatic heterocycles. The first kappa shape index (κ1) is 15.7. The third-order valence-corrected chi connectivity index (χ3v) is 3.46. The van der Waals surface area contributed by atoms with Gasteiger partial charge in [-0.3, -0.25) is 4.79 Å². The van der Waals surface area contributed by atoms with Crippen LogP contribution in [0.25, 0.3) is 0 Å². The first-order chi connectivity index (χ1) is 10.5. The predicted octanol–water partition coefficient (Wildman–Crippen LogP) is 2.82. The number of aliphatic carboxylic acids is 1. The smallest absolute Gasteiger partial charge is 0.311 e. The summed E-state index contributed by atoms with van der Waals surface area (Å²) in [4.78, 5) is 11.7. The summed E-state index contributed by atoms with van der Waals surface area (Å²) in [6, 6.07) is 11.6. The quantitative estimate of drug-likeness (QED) is 0.858. The molecule has 5 nitrogen and oxygen atoms in total. The molecule has 2 N–H and O–H groups in total. The fourth-order valence-corrected chi connectivity index (χ4v) is 2.36. The van der Waals surface area contributed by atoms with Gasteiger partial charge in [-0.25, -0.2) is 0 Å². The molecule has 0 aliphatic carbocycles. The van der Waals surface area contributed by atoms with Crippen molar-refractivity contribution in [3.63, 3.8) is 0 Å². The van der Waals surface area contributed by atoms with Gasteiger partial charge in [-0.1, -0.05) is 18.2 Å². The van der Waals surface area contributed by atoms with Crippen LogP contribution in [0.1, 0.15) is 17.0 Å². The molecule has 0 spiro atoms. The zero-order chi connectivity index (χ0) is 16.1. The molecule has 0 bridgehead atoms. The highest BCUT2D eigenvalue weighted by molar-refractivity contribution is 5.78. The van der Waals surface area contributed by atoms with Crippen LogP contribution in [0, 0.1) is 0 Å². The summed E-state index contributed by atoms with van der Waals surface area (Å²) < 4.78 is 10.4. The molecule has 0 heterocycles. The van der Waals surface area contributed by atoms with Gasteiger partial charge in [0.2, 0.25) is 0 Å². The zero-order valence-electron chi connectivity index (χ0n) is 12.4. The number of methoxy groups -OCH3 is 2. The Bertz CT molecular complexity index is 666. The van der Waals surface area contributed by atoms with Gasteiger partial charge in [-0.15, -0.1) is 0 Å². The highest BCUT2D eigenvalue weighted by Crippen LogP contribution is 2.33. The Labute approximate surface area is 128 Å². The molecular weight excluding hydrogens is 284 g/mol. The summed E-state index contributed by atoms with van der Waals surface area (Å²) in [6.07, 6.45) is 0.256.